The van der Waals surface area contributed by atoms with Crippen LogP contribution in [0.1, 0.15) is 76.8 Å². The largest absolute Gasteiger partial charge is 0.497 e. The third kappa shape index (κ3) is 9.58. The molecule has 2 aromatic carbocycles. The minimum absolute atomic E-state index is 0.0577. The highest BCUT2D eigenvalue weighted by molar-refractivity contribution is 5.81. The SMILES string of the molecule is CC.COc1ccc(OC(=O)N(CCC2CCCC(OCc3nc(-c4cccc(C)c4)oc3C)C2)[C@H](C(=O)O)C(C)C)cc1. The Hall–Kier alpha value is -3.85. The van der Waals surface area contributed by atoms with Gasteiger partial charge in [0.05, 0.1) is 19.8 Å². The molecule has 2 unspecified atom stereocenters. The highest BCUT2D eigenvalue weighted by atomic mass is 16.6. The van der Waals surface area contributed by atoms with Gasteiger partial charge in [0.25, 0.3) is 0 Å². The number of nitrogens with zero attached hydrogens (tertiary/aromatic N) is 2. The molecule has 1 aliphatic carbocycles. The molecule has 1 fully saturated rings. The molecule has 9 nitrogen and oxygen atoms in total. The summed E-state index contributed by atoms with van der Waals surface area (Å²) in [5.41, 5.74) is 2.88. The van der Waals surface area contributed by atoms with Crippen molar-refractivity contribution >= 4 is 12.1 Å². The van der Waals surface area contributed by atoms with Gasteiger partial charge in [0.15, 0.2) is 0 Å². The molecule has 0 spiro atoms. The van der Waals surface area contributed by atoms with E-state index in [-0.39, 0.29) is 18.6 Å². The highest BCUT2D eigenvalue weighted by Crippen LogP contribution is 2.31. The number of carboxylic acid groups (broad SMARTS) is 1. The number of carbonyl (C=O) groups excluding carboxylic acids is 1. The first-order chi connectivity index (χ1) is 21.1. The highest BCUT2D eigenvalue weighted by Gasteiger charge is 2.34. The number of oxazole rings is 1. The quantitative estimate of drug-likeness (QED) is 0.220. The second kappa shape index (κ2) is 16.9. The average Bonchev–Trinajstić information content (AvgIpc) is 3.39. The van der Waals surface area contributed by atoms with Gasteiger partial charge in [0.2, 0.25) is 5.89 Å². The predicted molar refractivity (Wildman–Crippen MR) is 170 cm³/mol. The van der Waals surface area contributed by atoms with Gasteiger partial charge in [0, 0.05) is 12.1 Å². The first-order valence-corrected chi connectivity index (χ1v) is 15.6. The fourth-order valence-electron chi connectivity index (χ4n) is 5.56. The van der Waals surface area contributed by atoms with Crippen molar-refractivity contribution in [3.05, 3.63) is 65.5 Å². The minimum atomic E-state index is -1.05. The number of carboxylic acids is 1. The lowest BCUT2D eigenvalue weighted by Crippen LogP contribution is -2.50. The Bertz CT molecular complexity index is 1340. The van der Waals surface area contributed by atoms with E-state index in [1.807, 2.05) is 52.0 Å². The fourth-order valence-corrected chi connectivity index (χ4v) is 5.56. The van der Waals surface area contributed by atoms with Crippen molar-refractivity contribution in [2.24, 2.45) is 11.8 Å². The minimum Gasteiger partial charge on any atom is -0.497 e. The number of hydrogen-bond donors (Lipinski definition) is 1. The number of hydrogen-bond acceptors (Lipinski definition) is 7. The molecular formula is C35H48N2O7. The van der Waals surface area contributed by atoms with Gasteiger partial charge in [-0.3, -0.25) is 4.90 Å². The third-order valence-electron chi connectivity index (χ3n) is 7.85. The van der Waals surface area contributed by atoms with Crippen LogP contribution < -0.4 is 9.47 Å². The van der Waals surface area contributed by atoms with Crippen molar-refractivity contribution in [3.8, 4) is 23.0 Å². The Morgan fingerprint density at radius 1 is 1.07 bits per heavy atom. The third-order valence-corrected chi connectivity index (χ3v) is 7.85. The van der Waals surface area contributed by atoms with Gasteiger partial charge in [-0.05, 0) is 81.3 Å². The number of aliphatic carboxylic acids is 1. The van der Waals surface area contributed by atoms with E-state index in [9.17, 15) is 14.7 Å². The second-order valence-electron chi connectivity index (χ2n) is 11.4. The molecule has 1 aromatic heterocycles. The normalized spacial score (nSPS) is 16.9. The van der Waals surface area contributed by atoms with Crippen LogP contribution in [0.25, 0.3) is 11.5 Å². The fraction of sp³-hybridized carbons (Fsp3) is 0.514. The second-order valence-corrected chi connectivity index (χ2v) is 11.4. The van der Waals surface area contributed by atoms with Crippen LogP contribution in [0.4, 0.5) is 4.79 Å². The lowest BCUT2D eigenvalue weighted by Gasteiger charge is -2.34. The van der Waals surface area contributed by atoms with Crippen LogP contribution in [-0.2, 0) is 16.1 Å². The van der Waals surface area contributed by atoms with Crippen LogP contribution in [-0.4, -0.2) is 52.9 Å². The number of aromatic nitrogens is 1. The molecule has 0 aliphatic heterocycles. The lowest BCUT2D eigenvalue weighted by atomic mass is 9.84. The van der Waals surface area contributed by atoms with Crippen molar-refractivity contribution in [3.63, 3.8) is 0 Å². The molecule has 0 saturated heterocycles. The summed E-state index contributed by atoms with van der Waals surface area (Å²) in [4.78, 5) is 31.5. The Morgan fingerprint density at radius 3 is 2.41 bits per heavy atom. The van der Waals surface area contributed by atoms with Crippen LogP contribution in [0.3, 0.4) is 0 Å². The van der Waals surface area contributed by atoms with E-state index in [1.54, 1.807) is 45.2 Å². The van der Waals surface area contributed by atoms with Gasteiger partial charge in [0.1, 0.15) is 29.0 Å². The van der Waals surface area contributed by atoms with Crippen LogP contribution in [0.5, 0.6) is 11.5 Å². The number of amides is 1. The zero-order valence-electron chi connectivity index (χ0n) is 27.2. The van der Waals surface area contributed by atoms with E-state index in [0.717, 1.165) is 48.3 Å². The van der Waals surface area contributed by atoms with E-state index in [2.05, 4.69) is 4.98 Å². The van der Waals surface area contributed by atoms with Gasteiger partial charge >= 0.3 is 12.1 Å². The van der Waals surface area contributed by atoms with Gasteiger partial charge in [-0.1, -0.05) is 58.2 Å². The van der Waals surface area contributed by atoms with Crippen molar-refractivity contribution in [2.75, 3.05) is 13.7 Å². The average molecular weight is 609 g/mol. The van der Waals surface area contributed by atoms with Crippen LogP contribution in [0.15, 0.2) is 52.9 Å². The molecule has 1 heterocycles. The number of rotatable bonds is 12. The maximum absolute atomic E-state index is 13.2. The maximum Gasteiger partial charge on any atom is 0.415 e. The Morgan fingerprint density at radius 2 is 1.77 bits per heavy atom. The Kier molecular flexibility index (Phi) is 13.3. The molecule has 9 heteroatoms. The van der Waals surface area contributed by atoms with Gasteiger partial charge < -0.3 is 23.7 Å². The summed E-state index contributed by atoms with van der Waals surface area (Å²) < 4.78 is 23.0. The molecular weight excluding hydrogens is 560 g/mol. The molecule has 3 aromatic rings. The standard InChI is InChI=1S/C33H42N2O7.C2H6/c1-21(2)30(32(36)37)35(33(38)42-27-14-12-26(39-5)13-15-27)17-16-24-9-7-11-28(19-24)40-20-29-23(4)41-31(34-29)25-10-6-8-22(3)18-25;1-2/h6,8,10,12-15,18,21,24,28,30H,7,9,11,16-17,19-20H2,1-5H3,(H,36,37);1-2H3/t24?,28?,30-;/m0./s1. The molecule has 1 amide bonds. The summed E-state index contributed by atoms with van der Waals surface area (Å²) in [6.45, 7) is 12.2. The van der Waals surface area contributed by atoms with E-state index >= 15 is 0 Å². The smallest absolute Gasteiger partial charge is 0.415 e. The number of ether oxygens (including phenoxy) is 3. The van der Waals surface area contributed by atoms with E-state index < -0.39 is 18.1 Å². The molecule has 1 aliphatic rings. The molecule has 44 heavy (non-hydrogen) atoms. The first kappa shape index (κ1) is 34.6. The molecule has 0 bridgehead atoms. The van der Waals surface area contributed by atoms with Crippen molar-refractivity contribution in [2.45, 2.75) is 92.4 Å². The topological polar surface area (TPSA) is 111 Å². The lowest BCUT2D eigenvalue weighted by molar-refractivity contribution is -0.144. The summed E-state index contributed by atoms with van der Waals surface area (Å²) in [5, 5.41) is 9.97. The predicted octanol–water partition coefficient (Wildman–Crippen LogP) is 8.07. The monoisotopic (exact) mass is 608 g/mol. The first-order valence-electron chi connectivity index (χ1n) is 15.6. The van der Waals surface area contributed by atoms with Crippen molar-refractivity contribution < 1.29 is 33.3 Å². The maximum atomic E-state index is 13.2. The summed E-state index contributed by atoms with van der Waals surface area (Å²) in [6, 6.07) is 13.7. The number of benzene rings is 2. The van der Waals surface area contributed by atoms with Crippen LogP contribution in [0.2, 0.25) is 0 Å². The Labute approximate surface area is 261 Å². The van der Waals surface area contributed by atoms with E-state index in [0.29, 0.717) is 36.3 Å². The zero-order chi connectivity index (χ0) is 32.2. The van der Waals surface area contributed by atoms with Crippen molar-refractivity contribution in [1.29, 1.82) is 0 Å². The molecule has 3 atom stereocenters. The summed E-state index contributed by atoms with van der Waals surface area (Å²) in [5.74, 6) is 1.27. The van der Waals surface area contributed by atoms with E-state index in [4.69, 9.17) is 18.6 Å². The van der Waals surface area contributed by atoms with Crippen LogP contribution >= 0.6 is 0 Å². The zero-order valence-corrected chi connectivity index (χ0v) is 27.2. The summed E-state index contributed by atoms with van der Waals surface area (Å²) >= 11 is 0. The summed E-state index contributed by atoms with van der Waals surface area (Å²) in [6.07, 6.45) is 3.84. The molecule has 4 rings (SSSR count). The van der Waals surface area contributed by atoms with Crippen molar-refractivity contribution in [1.82, 2.24) is 9.88 Å². The number of carbonyl (C=O) groups is 2. The van der Waals surface area contributed by atoms with Gasteiger partial charge in [-0.15, -0.1) is 0 Å². The van der Waals surface area contributed by atoms with Gasteiger partial charge in [-0.2, -0.15) is 0 Å². The van der Waals surface area contributed by atoms with Gasteiger partial charge in [-0.25, -0.2) is 14.6 Å². The Balaban J connectivity index is 0.00000259. The molecule has 240 valence electrons. The molecule has 0 radical (unpaired) electrons. The molecule has 1 N–H and O–H groups in total. The molecule has 1 saturated carbocycles. The number of methoxy groups -OCH3 is 1. The van der Waals surface area contributed by atoms with Crippen LogP contribution in [0, 0.1) is 25.7 Å². The summed E-state index contributed by atoms with van der Waals surface area (Å²) in [7, 11) is 1.56. The van der Waals surface area contributed by atoms with E-state index in [1.165, 1.54) is 4.90 Å². The number of aryl methyl sites for hydroxylation is 2.